The molecule has 0 radical (unpaired) electrons. The van der Waals surface area contributed by atoms with Crippen molar-refractivity contribution >= 4 is 17.0 Å². The fraction of sp³-hybridized carbons (Fsp3) is 0.417. The Bertz CT molecular complexity index is 760. The van der Waals surface area contributed by atoms with Gasteiger partial charge in [-0.2, -0.15) is 0 Å². The van der Waals surface area contributed by atoms with E-state index in [-0.39, 0.29) is 0 Å². The summed E-state index contributed by atoms with van der Waals surface area (Å²) in [6.07, 6.45) is 19.0. The summed E-state index contributed by atoms with van der Waals surface area (Å²) >= 11 is 1.93. The molecule has 0 fully saturated rings. The molecule has 3 heteroatoms. The van der Waals surface area contributed by atoms with E-state index in [2.05, 4.69) is 64.9 Å². The second-order valence-corrected chi connectivity index (χ2v) is 7.69. The molecule has 2 rings (SSSR count). The van der Waals surface area contributed by atoms with E-state index < -0.39 is 0 Å². The topological polar surface area (TPSA) is 25.2 Å². The predicted molar refractivity (Wildman–Crippen MR) is 120 cm³/mol. The molecule has 0 aromatic carbocycles. The minimum atomic E-state index is 0.708. The van der Waals surface area contributed by atoms with Crippen molar-refractivity contribution in [1.29, 1.82) is 0 Å². The SMILES string of the molecule is C#C.CCC/C=C(C)/C=C(/NCc1ccco1)c1sc(CCC)c(C)c1C. The molecule has 0 atom stereocenters. The summed E-state index contributed by atoms with van der Waals surface area (Å²) in [6, 6.07) is 3.95. The van der Waals surface area contributed by atoms with Gasteiger partial charge < -0.3 is 9.73 Å². The number of thiophene rings is 1. The number of aryl methyl sites for hydroxylation is 1. The summed E-state index contributed by atoms with van der Waals surface area (Å²) in [7, 11) is 0. The van der Waals surface area contributed by atoms with Gasteiger partial charge >= 0.3 is 0 Å². The molecule has 0 unspecified atom stereocenters. The Labute approximate surface area is 169 Å². The number of hydrogen-bond donors (Lipinski definition) is 1. The first kappa shape index (κ1) is 22.9. The number of hydrogen-bond acceptors (Lipinski definition) is 3. The number of nitrogens with one attached hydrogen (secondary N) is 1. The molecule has 27 heavy (non-hydrogen) atoms. The second kappa shape index (κ2) is 12.3. The molecule has 2 aromatic heterocycles. The van der Waals surface area contributed by atoms with Crippen LogP contribution in [0.15, 0.2) is 40.5 Å². The molecule has 0 spiro atoms. The molecular formula is C24H33NOS. The molecular weight excluding hydrogens is 350 g/mol. The van der Waals surface area contributed by atoms with Crippen LogP contribution < -0.4 is 5.32 Å². The summed E-state index contributed by atoms with van der Waals surface area (Å²) in [4.78, 5) is 2.87. The standard InChI is InChI=1S/C22H31NOS.C2H2/c1-6-8-11-16(3)14-20(23-15-19-12-9-13-24-19)22-18(5)17(4)21(25-22)10-7-2;1-2/h9,11-14,23H,6-8,10,15H2,1-5H3;1-2H/b16-11+,20-14+;. The van der Waals surface area contributed by atoms with Crippen molar-refractivity contribution in [2.75, 3.05) is 0 Å². The highest BCUT2D eigenvalue weighted by molar-refractivity contribution is 7.13. The fourth-order valence-corrected chi connectivity index (χ4v) is 4.24. The first-order valence-corrected chi connectivity index (χ1v) is 10.5. The molecule has 0 aliphatic carbocycles. The normalized spacial score (nSPS) is 11.8. The van der Waals surface area contributed by atoms with Crippen LogP contribution in [0.25, 0.3) is 5.70 Å². The number of furan rings is 1. The summed E-state index contributed by atoms with van der Waals surface area (Å²) in [5, 5.41) is 3.61. The van der Waals surface area contributed by atoms with E-state index >= 15 is 0 Å². The number of unbranched alkanes of at least 4 members (excludes halogenated alkanes) is 1. The molecule has 2 heterocycles. The molecule has 146 valence electrons. The van der Waals surface area contributed by atoms with Gasteiger partial charge in [-0.05, 0) is 62.9 Å². The van der Waals surface area contributed by atoms with E-state index in [0.29, 0.717) is 6.54 Å². The quantitative estimate of drug-likeness (QED) is 0.371. The Hall–Kier alpha value is -2.18. The maximum atomic E-state index is 5.49. The summed E-state index contributed by atoms with van der Waals surface area (Å²) in [6.45, 7) is 11.9. The Kier molecular flexibility index (Phi) is 10.4. The monoisotopic (exact) mass is 383 g/mol. The van der Waals surface area contributed by atoms with Gasteiger partial charge in [-0.15, -0.1) is 24.2 Å². The lowest BCUT2D eigenvalue weighted by Crippen LogP contribution is -2.11. The van der Waals surface area contributed by atoms with Crippen LogP contribution >= 0.6 is 11.3 Å². The van der Waals surface area contributed by atoms with Gasteiger partial charge in [0.25, 0.3) is 0 Å². The molecule has 1 N–H and O–H groups in total. The highest BCUT2D eigenvalue weighted by atomic mass is 32.1. The average Bonchev–Trinajstić information content (AvgIpc) is 3.29. The van der Waals surface area contributed by atoms with Gasteiger partial charge in [0.05, 0.1) is 23.4 Å². The average molecular weight is 384 g/mol. The molecule has 0 saturated carbocycles. The predicted octanol–water partition coefficient (Wildman–Crippen LogP) is 7.04. The van der Waals surface area contributed by atoms with E-state index in [9.17, 15) is 0 Å². The lowest BCUT2D eigenvalue weighted by Gasteiger charge is -2.11. The lowest BCUT2D eigenvalue weighted by atomic mass is 10.1. The van der Waals surface area contributed by atoms with Crippen LogP contribution in [0.1, 0.15) is 66.7 Å². The third-order valence-electron chi connectivity index (χ3n) is 4.43. The maximum Gasteiger partial charge on any atom is 0.122 e. The highest BCUT2D eigenvalue weighted by Crippen LogP contribution is 2.33. The van der Waals surface area contributed by atoms with Gasteiger partial charge in [-0.1, -0.05) is 38.3 Å². The van der Waals surface area contributed by atoms with Crippen LogP contribution in [0.2, 0.25) is 0 Å². The first-order chi connectivity index (χ1) is 13.1. The van der Waals surface area contributed by atoms with Crippen molar-refractivity contribution in [1.82, 2.24) is 5.32 Å². The van der Waals surface area contributed by atoms with E-state index in [1.54, 1.807) is 6.26 Å². The van der Waals surface area contributed by atoms with Crippen molar-refractivity contribution in [3.63, 3.8) is 0 Å². The Balaban J connectivity index is 0.00000176. The number of rotatable bonds is 9. The molecule has 0 aliphatic rings. The van der Waals surface area contributed by atoms with Crippen molar-refractivity contribution < 1.29 is 4.42 Å². The first-order valence-electron chi connectivity index (χ1n) is 9.64. The number of terminal acetylenes is 1. The molecule has 0 amide bonds. The minimum Gasteiger partial charge on any atom is -0.467 e. The zero-order valence-corrected chi connectivity index (χ0v) is 18.2. The molecule has 0 aliphatic heterocycles. The van der Waals surface area contributed by atoms with Crippen molar-refractivity contribution in [3.05, 3.63) is 62.8 Å². The molecule has 0 bridgehead atoms. The van der Waals surface area contributed by atoms with E-state index in [0.717, 1.165) is 18.6 Å². The largest absolute Gasteiger partial charge is 0.467 e. The summed E-state index contributed by atoms with van der Waals surface area (Å²) in [5.74, 6) is 0.959. The fourth-order valence-electron chi connectivity index (χ4n) is 2.83. The Morgan fingerprint density at radius 3 is 2.52 bits per heavy atom. The highest BCUT2D eigenvalue weighted by Gasteiger charge is 2.15. The van der Waals surface area contributed by atoms with Crippen molar-refractivity contribution in [2.45, 2.75) is 66.8 Å². The van der Waals surface area contributed by atoms with Gasteiger partial charge in [0.15, 0.2) is 0 Å². The smallest absolute Gasteiger partial charge is 0.122 e. The zero-order valence-electron chi connectivity index (χ0n) is 17.4. The van der Waals surface area contributed by atoms with Crippen LogP contribution in [0, 0.1) is 26.7 Å². The number of allylic oxidation sites excluding steroid dienone is 3. The van der Waals surface area contributed by atoms with Crippen LogP contribution in [0.5, 0.6) is 0 Å². The van der Waals surface area contributed by atoms with Gasteiger partial charge in [-0.3, -0.25) is 0 Å². The second-order valence-electron chi connectivity index (χ2n) is 6.58. The summed E-state index contributed by atoms with van der Waals surface area (Å²) < 4.78 is 5.49. The van der Waals surface area contributed by atoms with Gasteiger partial charge in [0.1, 0.15) is 5.76 Å². The Morgan fingerprint density at radius 1 is 1.19 bits per heavy atom. The van der Waals surface area contributed by atoms with E-state index in [4.69, 9.17) is 4.42 Å². The zero-order chi connectivity index (χ0) is 20.2. The lowest BCUT2D eigenvalue weighted by molar-refractivity contribution is 0.501. The molecule has 0 saturated heterocycles. The third kappa shape index (κ3) is 6.81. The minimum absolute atomic E-state index is 0.708. The van der Waals surface area contributed by atoms with Gasteiger partial charge in [0, 0.05) is 4.88 Å². The molecule has 2 nitrogen and oxygen atoms in total. The van der Waals surface area contributed by atoms with Gasteiger partial charge in [-0.25, -0.2) is 0 Å². The van der Waals surface area contributed by atoms with Crippen LogP contribution in [0.4, 0.5) is 0 Å². The molecule has 2 aromatic rings. The van der Waals surface area contributed by atoms with Crippen molar-refractivity contribution in [2.24, 2.45) is 0 Å². The Morgan fingerprint density at radius 2 is 1.93 bits per heavy atom. The van der Waals surface area contributed by atoms with Gasteiger partial charge in [0.2, 0.25) is 0 Å². The van der Waals surface area contributed by atoms with Crippen LogP contribution in [-0.4, -0.2) is 0 Å². The third-order valence-corrected chi connectivity index (χ3v) is 5.92. The van der Waals surface area contributed by atoms with Crippen LogP contribution in [0.3, 0.4) is 0 Å². The summed E-state index contributed by atoms with van der Waals surface area (Å²) in [5.41, 5.74) is 5.36. The van der Waals surface area contributed by atoms with E-state index in [1.165, 1.54) is 45.0 Å². The van der Waals surface area contributed by atoms with E-state index in [1.807, 2.05) is 23.5 Å². The van der Waals surface area contributed by atoms with Crippen molar-refractivity contribution in [3.8, 4) is 12.8 Å². The maximum absolute atomic E-state index is 5.49. The van der Waals surface area contributed by atoms with Crippen LogP contribution in [-0.2, 0) is 13.0 Å².